The van der Waals surface area contributed by atoms with Crippen LogP contribution in [0.3, 0.4) is 0 Å². The quantitative estimate of drug-likeness (QED) is 0.792. The summed E-state index contributed by atoms with van der Waals surface area (Å²) >= 11 is 0. The van der Waals surface area contributed by atoms with Gasteiger partial charge in [-0.25, -0.2) is 9.78 Å². The molecule has 126 valence electrons. The van der Waals surface area contributed by atoms with E-state index >= 15 is 0 Å². The number of nitrogens with zero attached hydrogens (tertiary/aromatic N) is 3. The number of ketones is 1. The summed E-state index contributed by atoms with van der Waals surface area (Å²) in [6.07, 6.45) is 2.75. The fraction of sp³-hybridized carbons (Fsp3) is 0.625. The molecule has 1 atom stereocenters. The van der Waals surface area contributed by atoms with Crippen LogP contribution in [-0.2, 0) is 9.47 Å². The van der Waals surface area contributed by atoms with Crippen LogP contribution in [0.2, 0.25) is 0 Å². The van der Waals surface area contributed by atoms with Crippen molar-refractivity contribution in [3.63, 3.8) is 0 Å². The largest absolute Gasteiger partial charge is 0.444 e. The standard InChI is InChI=1S/C16H23N3O4/c1-11-14(18-6-5-17-11)13(20)9-12-10-22-8-7-19(12)15(21)23-16(2,3)4/h5-6,12H,7-10H2,1-4H3. The molecule has 1 unspecified atom stereocenters. The van der Waals surface area contributed by atoms with Crippen LogP contribution >= 0.6 is 0 Å². The molecule has 0 bridgehead atoms. The summed E-state index contributed by atoms with van der Waals surface area (Å²) in [6, 6.07) is -0.354. The summed E-state index contributed by atoms with van der Waals surface area (Å²) in [5.74, 6) is -0.153. The Kier molecular flexibility index (Phi) is 5.30. The second-order valence-corrected chi connectivity index (χ2v) is 6.52. The van der Waals surface area contributed by atoms with Crippen LogP contribution in [0.25, 0.3) is 0 Å². The highest BCUT2D eigenvalue weighted by atomic mass is 16.6. The molecule has 0 aliphatic carbocycles. The van der Waals surface area contributed by atoms with Gasteiger partial charge in [0.05, 0.1) is 24.9 Å². The van der Waals surface area contributed by atoms with Crippen molar-refractivity contribution in [3.05, 3.63) is 23.8 Å². The Hall–Kier alpha value is -2.02. The molecule has 0 N–H and O–H groups in total. The lowest BCUT2D eigenvalue weighted by Gasteiger charge is -2.36. The van der Waals surface area contributed by atoms with Crippen molar-refractivity contribution in [2.75, 3.05) is 19.8 Å². The Morgan fingerprint density at radius 3 is 2.70 bits per heavy atom. The van der Waals surface area contributed by atoms with E-state index in [4.69, 9.17) is 9.47 Å². The number of morpholine rings is 1. The molecule has 1 saturated heterocycles. The number of hydrogen-bond acceptors (Lipinski definition) is 6. The van der Waals surface area contributed by atoms with Crippen LogP contribution in [-0.4, -0.2) is 58.1 Å². The molecule has 23 heavy (non-hydrogen) atoms. The van der Waals surface area contributed by atoms with Crippen molar-refractivity contribution in [2.45, 2.75) is 45.8 Å². The van der Waals surface area contributed by atoms with Gasteiger partial charge in [0.2, 0.25) is 0 Å². The zero-order chi connectivity index (χ0) is 17.0. The lowest BCUT2D eigenvalue weighted by Crippen LogP contribution is -2.51. The van der Waals surface area contributed by atoms with Crippen LogP contribution < -0.4 is 0 Å². The second-order valence-electron chi connectivity index (χ2n) is 6.52. The van der Waals surface area contributed by atoms with Crippen molar-refractivity contribution < 1.29 is 19.1 Å². The molecular formula is C16H23N3O4. The summed E-state index contributed by atoms with van der Waals surface area (Å²) in [7, 11) is 0. The molecular weight excluding hydrogens is 298 g/mol. The molecule has 0 radical (unpaired) electrons. The summed E-state index contributed by atoms with van der Waals surface area (Å²) in [5.41, 5.74) is 0.339. The minimum absolute atomic E-state index is 0.138. The first-order valence-corrected chi connectivity index (χ1v) is 7.66. The van der Waals surface area contributed by atoms with Crippen LogP contribution in [0.5, 0.6) is 0 Å². The number of hydrogen-bond donors (Lipinski definition) is 0. The maximum Gasteiger partial charge on any atom is 0.410 e. The van der Waals surface area contributed by atoms with E-state index in [1.807, 2.05) is 20.8 Å². The lowest BCUT2D eigenvalue weighted by atomic mass is 10.1. The highest BCUT2D eigenvalue weighted by molar-refractivity contribution is 5.95. The van der Waals surface area contributed by atoms with Gasteiger partial charge in [-0.15, -0.1) is 0 Å². The molecule has 0 spiro atoms. The van der Waals surface area contributed by atoms with Gasteiger partial charge in [-0.05, 0) is 27.7 Å². The predicted octanol–water partition coefficient (Wildman–Crippen LogP) is 1.99. The molecule has 0 saturated carbocycles. The second kappa shape index (κ2) is 7.04. The Bertz CT molecular complexity index is 583. The number of aryl methyl sites for hydroxylation is 1. The van der Waals surface area contributed by atoms with Gasteiger partial charge in [-0.1, -0.05) is 0 Å². The van der Waals surface area contributed by atoms with Crippen molar-refractivity contribution >= 4 is 11.9 Å². The zero-order valence-corrected chi connectivity index (χ0v) is 14.0. The molecule has 0 aromatic carbocycles. The lowest BCUT2D eigenvalue weighted by molar-refractivity contribution is -0.0322. The Morgan fingerprint density at radius 1 is 1.35 bits per heavy atom. The van der Waals surface area contributed by atoms with Gasteiger partial charge in [0.25, 0.3) is 0 Å². The van der Waals surface area contributed by atoms with E-state index in [0.29, 0.717) is 31.1 Å². The van der Waals surface area contributed by atoms with Crippen molar-refractivity contribution in [3.8, 4) is 0 Å². The van der Waals surface area contributed by atoms with Crippen molar-refractivity contribution in [1.29, 1.82) is 0 Å². The van der Waals surface area contributed by atoms with E-state index in [1.165, 1.54) is 6.20 Å². The molecule has 1 aromatic rings. The molecule has 2 rings (SSSR count). The maximum absolute atomic E-state index is 12.5. The average Bonchev–Trinajstić information content (AvgIpc) is 2.46. The molecule has 1 amide bonds. The van der Waals surface area contributed by atoms with Crippen LogP contribution in [0.1, 0.15) is 43.4 Å². The van der Waals surface area contributed by atoms with Gasteiger partial charge in [0.15, 0.2) is 5.78 Å². The van der Waals surface area contributed by atoms with Gasteiger partial charge in [0, 0.05) is 25.4 Å². The van der Waals surface area contributed by atoms with Gasteiger partial charge < -0.3 is 14.4 Å². The van der Waals surface area contributed by atoms with Crippen molar-refractivity contribution in [2.24, 2.45) is 0 Å². The van der Waals surface area contributed by atoms with Crippen molar-refractivity contribution in [1.82, 2.24) is 14.9 Å². The summed E-state index contributed by atoms with van der Waals surface area (Å²) in [6.45, 7) is 8.34. The summed E-state index contributed by atoms with van der Waals surface area (Å²) in [5, 5.41) is 0. The van der Waals surface area contributed by atoms with E-state index in [2.05, 4.69) is 9.97 Å². The third kappa shape index (κ3) is 4.72. The average molecular weight is 321 g/mol. The number of rotatable bonds is 3. The van der Waals surface area contributed by atoms with E-state index in [0.717, 1.165) is 0 Å². The SMILES string of the molecule is Cc1nccnc1C(=O)CC1COCCN1C(=O)OC(C)(C)C. The zero-order valence-electron chi connectivity index (χ0n) is 14.0. The molecule has 2 heterocycles. The number of carbonyl (C=O) groups excluding carboxylic acids is 2. The number of Topliss-reactive ketones (excluding diaryl/α,β-unsaturated/α-hetero) is 1. The molecule has 7 heteroatoms. The third-order valence-electron chi connectivity index (χ3n) is 3.42. The number of carbonyl (C=O) groups is 2. The van der Waals surface area contributed by atoms with E-state index in [9.17, 15) is 9.59 Å². The van der Waals surface area contributed by atoms with Crippen LogP contribution in [0.15, 0.2) is 12.4 Å². The highest BCUT2D eigenvalue weighted by Gasteiger charge is 2.33. The minimum Gasteiger partial charge on any atom is -0.444 e. The first kappa shape index (κ1) is 17.3. The topological polar surface area (TPSA) is 81.6 Å². The number of ether oxygens (including phenoxy) is 2. The normalized spacial score (nSPS) is 18.6. The summed E-state index contributed by atoms with van der Waals surface area (Å²) < 4.78 is 10.8. The van der Waals surface area contributed by atoms with Gasteiger partial charge in [-0.3, -0.25) is 9.78 Å². The fourth-order valence-corrected chi connectivity index (χ4v) is 2.38. The Balaban J connectivity index is 2.08. The maximum atomic E-state index is 12.5. The summed E-state index contributed by atoms with van der Waals surface area (Å²) in [4.78, 5) is 34.5. The number of amides is 1. The smallest absolute Gasteiger partial charge is 0.410 e. The number of aromatic nitrogens is 2. The minimum atomic E-state index is -0.578. The van der Waals surface area contributed by atoms with E-state index in [1.54, 1.807) is 18.0 Å². The van der Waals surface area contributed by atoms with Gasteiger partial charge >= 0.3 is 6.09 Å². The highest BCUT2D eigenvalue weighted by Crippen LogP contribution is 2.18. The fourth-order valence-electron chi connectivity index (χ4n) is 2.38. The third-order valence-corrected chi connectivity index (χ3v) is 3.42. The van der Waals surface area contributed by atoms with Crippen LogP contribution in [0.4, 0.5) is 4.79 Å². The van der Waals surface area contributed by atoms with Gasteiger partial charge in [0.1, 0.15) is 11.3 Å². The Labute approximate surface area is 136 Å². The molecule has 7 nitrogen and oxygen atoms in total. The molecule has 1 aliphatic rings. The Morgan fingerprint density at radius 2 is 2.04 bits per heavy atom. The molecule has 1 aliphatic heterocycles. The van der Waals surface area contributed by atoms with E-state index in [-0.39, 0.29) is 18.2 Å². The predicted molar refractivity (Wildman–Crippen MR) is 83.3 cm³/mol. The molecule has 1 fully saturated rings. The molecule has 1 aromatic heterocycles. The monoisotopic (exact) mass is 321 g/mol. The van der Waals surface area contributed by atoms with E-state index < -0.39 is 11.7 Å². The van der Waals surface area contributed by atoms with Crippen LogP contribution in [0, 0.1) is 6.92 Å². The van der Waals surface area contributed by atoms with Gasteiger partial charge in [-0.2, -0.15) is 0 Å². The first-order valence-electron chi connectivity index (χ1n) is 7.66. The first-order chi connectivity index (χ1) is 10.8.